The molecule has 0 unspecified atom stereocenters. The normalized spacial score (nSPS) is 13.1. The van der Waals surface area contributed by atoms with Crippen LogP contribution in [0.1, 0.15) is 11.1 Å². The lowest BCUT2D eigenvalue weighted by molar-refractivity contribution is -0.0446. The van der Waals surface area contributed by atoms with Gasteiger partial charge in [0.1, 0.15) is 0 Å². The Morgan fingerprint density at radius 3 is 1.75 bits per heavy atom. The van der Waals surface area contributed by atoms with Crippen molar-refractivity contribution in [3.8, 4) is 0 Å². The predicted octanol–water partition coefficient (Wildman–Crippen LogP) is 2.66. The minimum Gasteiger partial charge on any atom is -0.245 e. The van der Waals surface area contributed by atoms with Gasteiger partial charge in [-0.1, -0.05) is 0 Å². The molecule has 3 nitrogen and oxygen atoms in total. The van der Waals surface area contributed by atoms with Crippen LogP contribution in [0.15, 0.2) is 12.4 Å². The summed E-state index contributed by atoms with van der Waals surface area (Å²) in [5, 5.41) is 0. The second-order valence-electron chi connectivity index (χ2n) is 2.86. The number of hydrogen-bond donors (Lipinski definition) is 0. The quantitative estimate of drug-likeness (QED) is 0.804. The highest BCUT2D eigenvalue weighted by Gasteiger charge is 2.47. The lowest BCUT2D eigenvalue weighted by Gasteiger charge is -2.08. The molecule has 0 aromatic carbocycles. The summed E-state index contributed by atoms with van der Waals surface area (Å²) in [5.41, 5.74) is -4.84. The molecule has 0 saturated carbocycles. The van der Waals surface area contributed by atoms with Crippen molar-refractivity contribution < 1.29 is 21.6 Å². The number of nitrogens with zero attached hydrogens (tertiary/aromatic N) is 1. The highest BCUT2D eigenvalue weighted by atomic mass is 35.5. The molecule has 16 heavy (non-hydrogen) atoms. The Hall–Kier alpha value is -0.400. The third-order valence-electron chi connectivity index (χ3n) is 1.84. The molecular formula is C7H6Cl2F3NO2S. The van der Waals surface area contributed by atoms with Gasteiger partial charge >= 0.3 is 15.5 Å². The van der Waals surface area contributed by atoms with E-state index >= 15 is 0 Å². The van der Waals surface area contributed by atoms with Gasteiger partial charge in [0.05, 0.1) is 0 Å². The van der Waals surface area contributed by atoms with Crippen LogP contribution in [0.3, 0.4) is 0 Å². The number of aromatic nitrogens is 1. The van der Waals surface area contributed by atoms with Crippen LogP contribution in [0.25, 0.3) is 0 Å². The number of halogens is 5. The van der Waals surface area contributed by atoms with Crippen molar-refractivity contribution in [3.63, 3.8) is 0 Å². The van der Waals surface area contributed by atoms with Gasteiger partial charge in [-0.3, -0.25) is 0 Å². The zero-order valence-electron chi connectivity index (χ0n) is 7.63. The number of hydrogen-bond acceptors (Lipinski definition) is 2. The molecule has 0 fully saturated rings. The molecule has 0 saturated heterocycles. The van der Waals surface area contributed by atoms with Crippen molar-refractivity contribution in [2.45, 2.75) is 17.3 Å². The first-order valence-electron chi connectivity index (χ1n) is 3.87. The summed E-state index contributed by atoms with van der Waals surface area (Å²) >= 11 is 10.9. The molecule has 0 spiro atoms. The van der Waals surface area contributed by atoms with Gasteiger partial charge < -0.3 is 0 Å². The molecule has 1 rings (SSSR count). The Kier molecular flexibility index (Phi) is 3.81. The molecule has 92 valence electrons. The first kappa shape index (κ1) is 13.7. The molecule has 0 aliphatic carbocycles. The smallest absolute Gasteiger partial charge is 0.245 e. The molecule has 0 amide bonds. The first-order valence-corrected chi connectivity index (χ1v) is 6.38. The Bertz CT molecular complexity index is 459. The van der Waals surface area contributed by atoms with Gasteiger partial charge in [-0.2, -0.15) is 21.6 Å². The van der Waals surface area contributed by atoms with Gasteiger partial charge in [-0.25, -0.2) is 3.97 Å². The molecule has 1 aromatic rings. The molecule has 1 aromatic heterocycles. The maximum Gasteiger partial charge on any atom is 0.517 e. The molecule has 0 bridgehead atoms. The van der Waals surface area contributed by atoms with E-state index in [2.05, 4.69) is 0 Å². The molecule has 0 N–H and O–H groups in total. The SMILES string of the molecule is O=S(=O)(n1cc(CCl)c(CCl)c1)C(F)(F)F. The largest absolute Gasteiger partial charge is 0.517 e. The van der Waals surface area contributed by atoms with E-state index in [0.29, 0.717) is 0 Å². The summed E-state index contributed by atoms with van der Waals surface area (Å²) in [6, 6.07) is 0. The van der Waals surface area contributed by atoms with Crippen LogP contribution >= 0.6 is 23.2 Å². The Balaban J connectivity index is 3.31. The van der Waals surface area contributed by atoms with Crippen molar-refractivity contribution in [2.24, 2.45) is 0 Å². The van der Waals surface area contributed by atoms with E-state index in [0.717, 1.165) is 12.4 Å². The van der Waals surface area contributed by atoms with Gasteiger partial charge in [-0.05, 0) is 11.1 Å². The van der Waals surface area contributed by atoms with Crippen LogP contribution in [-0.4, -0.2) is 17.9 Å². The van der Waals surface area contributed by atoms with Crippen molar-refractivity contribution in [1.29, 1.82) is 0 Å². The molecule has 0 aliphatic rings. The molecule has 0 aliphatic heterocycles. The fraction of sp³-hybridized carbons (Fsp3) is 0.429. The first-order chi connectivity index (χ1) is 7.24. The van der Waals surface area contributed by atoms with E-state index in [1.165, 1.54) is 0 Å². The molecule has 9 heteroatoms. The average Bonchev–Trinajstić information content (AvgIpc) is 2.59. The van der Waals surface area contributed by atoms with Crippen molar-refractivity contribution in [3.05, 3.63) is 23.5 Å². The van der Waals surface area contributed by atoms with Gasteiger partial charge in [0.25, 0.3) is 0 Å². The highest BCUT2D eigenvalue weighted by Crippen LogP contribution is 2.27. The van der Waals surface area contributed by atoms with Gasteiger partial charge in [0, 0.05) is 24.2 Å². The monoisotopic (exact) mass is 295 g/mol. The maximum absolute atomic E-state index is 12.2. The summed E-state index contributed by atoms with van der Waals surface area (Å²) in [5.74, 6) is -0.217. The summed E-state index contributed by atoms with van der Waals surface area (Å²) in [7, 11) is -5.40. The van der Waals surface area contributed by atoms with Crippen molar-refractivity contribution >= 4 is 33.2 Å². The Morgan fingerprint density at radius 1 is 1.12 bits per heavy atom. The minimum absolute atomic E-state index is 0.0857. The molecular weight excluding hydrogens is 290 g/mol. The zero-order chi connectivity index (χ0) is 12.6. The van der Waals surface area contributed by atoms with E-state index in [-0.39, 0.29) is 26.9 Å². The van der Waals surface area contributed by atoms with E-state index in [1.807, 2.05) is 0 Å². The van der Waals surface area contributed by atoms with Crippen LogP contribution < -0.4 is 0 Å². The van der Waals surface area contributed by atoms with Crippen LogP contribution in [-0.2, 0) is 21.8 Å². The average molecular weight is 296 g/mol. The van der Waals surface area contributed by atoms with Crippen LogP contribution in [0.2, 0.25) is 0 Å². The lowest BCUT2D eigenvalue weighted by atomic mass is 10.2. The van der Waals surface area contributed by atoms with E-state index in [4.69, 9.17) is 23.2 Å². The summed E-state index contributed by atoms with van der Waals surface area (Å²) in [4.78, 5) is 0. The van der Waals surface area contributed by atoms with Gasteiger partial charge in [0.2, 0.25) is 0 Å². The topological polar surface area (TPSA) is 39.1 Å². The van der Waals surface area contributed by atoms with E-state index in [9.17, 15) is 21.6 Å². The fourth-order valence-corrected chi connectivity index (χ4v) is 2.26. The van der Waals surface area contributed by atoms with Crippen LogP contribution in [0, 0.1) is 0 Å². The molecule has 0 atom stereocenters. The highest BCUT2D eigenvalue weighted by molar-refractivity contribution is 7.90. The van der Waals surface area contributed by atoms with Gasteiger partial charge in [0.15, 0.2) is 0 Å². The van der Waals surface area contributed by atoms with Crippen LogP contribution in [0.4, 0.5) is 13.2 Å². The predicted molar refractivity (Wildman–Crippen MR) is 53.9 cm³/mol. The van der Waals surface area contributed by atoms with E-state index < -0.39 is 15.5 Å². The third-order valence-corrected chi connectivity index (χ3v) is 3.76. The lowest BCUT2D eigenvalue weighted by Crippen LogP contribution is -2.28. The van der Waals surface area contributed by atoms with Crippen molar-refractivity contribution in [2.75, 3.05) is 0 Å². The van der Waals surface area contributed by atoms with Crippen LogP contribution in [0.5, 0.6) is 0 Å². The fourth-order valence-electron chi connectivity index (χ4n) is 1.01. The second kappa shape index (κ2) is 4.46. The van der Waals surface area contributed by atoms with E-state index in [1.54, 1.807) is 0 Å². The summed E-state index contributed by atoms with van der Waals surface area (Å²) in [6.07, 6.45) is 1.63. The van der Waals surface area contributed by atoms with Gasteiger partial charge in [-0.15, -0.1) is 23.2 Å². The molecule has 1 heterocycles. The maximum atomic E-state index is 12.2. The molecule has 0 radical (unpaired) electrons. The number of rotatable bonds is 3. The standard InChI is InChI=1S/C7H6Cl2F3NO2S/c8-1-5-3-13(4-6(5)2-9)16(14,15)7(10,11)12/h3-4H,1-2H2. The minimum atomic E-state index is -5.40. The zero-order valence-corrected chi connectivity index (χ0v) is 9.96. The number of alkyl halides is 5. The second-order valence-corrected chi connectivity index (χ2v) is 5.23. The summed E-state index contributed by atoms with van der Waals surface area (Å²) in [6.45, 7) is 0. The Labute approximate surface area is 99.8 Å². The summed E-state index contributed by atoms with van der Waals surface area (Å²) < 4.78 is 58.7. The van der Waals surface area contributed by atoms with Crippen molar-refractivity contribution in [1.82, 2.24) is 3.97 Å². The third kappa shape index (κ3) is 2.31. The Morgan fingerprint density at radius 2 is 1.50 bits per heavy atom.